The number of hydrogen-bond donors (Lipinski definition) is 0. The predicted molar refractivity (Wildman–Crippen MR) is 283 cm³/mol. The Morgan fingerprint density at radius 3 is 1.25 bits per heavy atom. The summed E-state index contributed by atoms with van der Waals surface area (Å²) in [5.41, 5.74) is 18.3. The number of nitrogens with zero attached hydrogens (tertiary/aromatic N) is 1. The molecule has 0 radical (unpaired) electrons. The third-order valence-corrected chi connectivity index (χ3v) is 13.3. The van der Waals surface area contributed by atoms with E-state index in [1.807, 2.05) is 12.1 Å². The maximum absolute atomic E-state index is 6.32. The van der Waals surface area contributed by atoms with Gasteiger partial charge >= 0.3 is 0 Å². The van der Waals surface area contributed by atoms with Crippen LogP contribution < -0.4 is 4.90 Å². The summed E-state index contributed by atoms with van der Waals surface area (Å²) in [7, 11) is 0. The second kappa shape index (κ2) is 17.0. The van der Waals surface area contributed by atoms with E-state index in [2.05, 4.69) is 254 Å². The maximum atomic E-state index is 6.32. The topological polar surface area (TPSA) is 16.4 Å². The van der Waals surface area contributed by atoms with Gasteiger partial charge in [0.2, 0.25) is 0 Å². The van der Waals surface area contributed by atoms with Gasteiger partial charge in [0.1, 0.15) is 11.3 Å². The van der Waals surface area contributed by atoms with Gasteiger partial charge in [0, 0.05) is 33.6 Å². The Morgan fingerprint density at radius 1 is 0.284 bits per heavy atom. The van der Waals surface area contributed by atoms with E-state index in [0.29, 0.717) is 0 Å². The third-order valence-electron chi connectivity index (χ3n) is 13.3. The van der Waals surface area contributed by atoms with Gasteiger partial charge in [0.15, 0.2) is 0 Å². The number of benzene rings is 11. The highest BCUT2D eigenvalue weighted by Crippen LogP contribution is 2.41. The molecular formula is C65H45NO. The summed E-state index contributed by atoms with van der Waals surface area (Å²) in [6.45, 7) is 2.14. The molecule has 0 aliphatic carbocycles. The highest BCUT2D eigenvalue weighted by atomic mass is 16.3. The molecule has 12 aromatic rings. The van der Waals surface area contributed by atoms with Crippen LogP contribution in [-0.4, -0.2) is 0 Å². The molecule has 0 aliphatic rings. The molecule has 1 heterocycles. The first kappa shape index (κ1) is 39.8. The summed E-state index contributed by atoms with van der Waals surface area (Å²) in [6, 6.07) is 91.9. The van der Waals surface area contributed by atoms with E-state index in [-0.39, 0.29) is 0 Å². The molecule has 2 nitrogen and oxygen atoms in total. The van der Waals surface area contributed by atoms with E-state index >= 15 is 0 Å². The van der Waals surface area contributed by atoms with Crippen molar-refractivity contribution < 1.29 is 4.42 Å². The first-order valence-electron chi connectivity index (χ1n) is 23.0. The fraction of sp³-hybridized carbons (Fsp3) is 0.0154. The number of fused-ring (bicyclic) bond motifs is 4. The van der Waals surface area contributed by atoms with Gasteiger partial charge in [-0.1, -0.05) is 200 Å². The van der Waals surface area contributed by atoms with Crippen molar-refractivity contribution >= 4 is 49.6 Å². The lowest BCUT2D eigenvalue weighted by molar-refractivity contribution is 0.629. The van der Waals surface area contributed by atoms with Crippen LogP contribution in [0.3, 0.4) is 0 Å². The third kappa shape index (κ3) is 7.55. The van der Waals surface area contributed by atoms with Gasteiger partial charge < -0.3 is 9.32 Å². The number of hydrogen-bond acceptors (Lipinski definition) is 2. The summed E-state index contributed by atoms with van der Waals surface area (Å²) in [4.78, 5) is 2.36. The number of furan rings is 1. The Hall–Kier alpha value is -8.72. The van der Waals surface area contributed by atoms with Crippen LogP contribution in [0.1, 0.15) is 5.56 Å². The van der Waals surface area contributed by atoms with E-state index in [1.54, 1.807) is 0 Å². The summed E-state index contributed by atoms with van der Waals surface area (Å²) in [5.74, 6) is 0.924. The Morgan fingerprint density at radius 2 is 0.687 bits per heavy atom. The molecule has 67 heavy (non-hydrogen) atoms. The smallest absolute Gasteiger partial charge is 0.138 e. The van der Waals surface area contributed by atoms with E-state index in [4.69, 9.17) is 4.42 Å². The Labute approximate surface area is 391 Å². The molecule has 0 unspecified atom stereocenters. The molecule has 12 rings (SSSR count). The van der Waals surface area contributed by atoms with Crippen LogP contribution in [0, 0.1) is 6.92 Å². The molecule has 0 aliphatic heterocycles. The summed E-state index contributed by atoms with van der Waals surface area (Å²) < 4.78 is 6.32. The van der Waals surface area contributed by atoms with Crippen LogP contribution in [0.2, 0.25) is 0 Å². The Kier molecular flexibility index (Phi) is 10.1. The molecule has 0 bridgehead atoms. The molecule has 0 amide bonds. The number of rotatable bonds is 9. The highest BCUT2D eigenvalue weighted by Gasteiger charge is 2.17. The zero-order chi connectivity index (χ0) is 44.7. The molecule has 11 aromatic carbocycles. The van der Waals surface area contributed by atoms with Crippen LogP contribution in [0.4, 0.5) is 17.1 Å². The van der Waals surface area contributed by atoms with Crippen molar-refractivity contribution in [1.82, 2.24) is 0 Å². The number of anilines is 3. The number of para-hydroxylation sites is 1. The standard InChI is InChI=1S/C65H45NO/c1-44-59-17-9-10-21-64(59)67-65(44)55-16-11-15-53(42-55)51-28-26-48(27-29-51)50-32-38-57(39-33-50)66(56-36-30-49(31-37-56)47-24-22-46(23-25-47)45-12-3-2-4-13-45)58-40-34-52(35-41-58)63-43-54-14-5-6-18-60(54)61-19-7-8-20-62(61)63/h2-43H,1H3. The monoisotopic (exact) mass is 855 g/mol. The molecule has 1 aromatic heterocycles. The predicted octanol–water partition coefficient (Wildman–Crippen LogP) is 18.5. The molecular weight excluding hydrogens is 811 g/mol. The minimum absolute atomic E-state index is 0.918. The highest BCUT2D eigenvalue weighted by molar-refractivity contribution is 6.13. The van der Waals surface area contributed by atoms with Crippen molar-refractivity contribution in [2.75, 3.05) is 4.90 Å². The van der Waals surface area contributed by atoms with Crippen LogP contribution in [0.5, 0.6) is 0 Å². The van der Waals surface area contributed by atoms with Gasteiger partial charge in [-0.2, -0.15) is 0 Å². The minimum atomic E-state index is 0.918. The second-order valence-corrected chi connectivity index (χ2v) is 17.3. The van der Waals surface area contributed by atoms with Crippen LogP contribution in [-0.2, 0) is 0 Å². The second-order valence-electron chi connectivity index (χ2n) is 17.3. The van der Waals surface area contributed by atoms with Gasteiger partial charge in [-0.15, -0.1) is 0 Å². The first-order chi connectivity index (χ1) is 33.1. The fourth-order valence-corrected chi connectivity index (χ4v) is 9.77. The average Bonchev–Trinajstić information content (AvgIpc) is 3.75. The molecule has 0 spiro atoms. The lowest BCUT2D eigenvalue weighted by Gasteiger charge is -2.26. The lowest BCUT2D eigenvalue weighted by Crippen LogP contribution is -2.09. The first-order valence-corrected chi connectivity index (χ1v) is 23.0. The minimum Gasteiger partial charge on any atom is -0.456 e. The zero-order valence-corrected chi connectivity index (χ0v) is 37.1. The summed E-state index contributed by atoms with van der Waals surface area (Å²) >= 11 is 0. The summed E-state index contributed by atoms with van der Waals surface area (Å²) in [6.07, 6.45) is 0. The largest absolute Gasteiger partial charge is 0.456 e. The number of aryl methyl sites for hydroxylation is 1. The van der Waals surface area contributed by atoms with E-state index in [1.165, 1.54) is 66.1 Å². The van der Waals surface area contributed by atoms with Crippen molar-refractivity contribution in [3.8, 4) is 67.0 Å². The van der Waals surface area contributed by atoms with Crippen molar-refractivity contribution in [1.29, 1.82) is 0 Å². The molecule has 2 heteroatoms. The van der Waals surface area contributed by atoms with Crippen molar-refractivity contribution in [2.24, 2.45) is 0 Å². The van der Waals surface area contributed by atoms with Gasteiger partial charge in [-0.05, 0) is 139 Å². The zero-order valence-electron chi connectivity index (χ0n) is 37.1. The van der Waals surface area contributed by atoms with Gasteiger partial charge in [0.25, 0.3) is 0 Å². The maximum Gasteiger partial charge on any atom is 0.138 e. The van der Waals surface area contributed by atoms with Crippen LogP contribution in [0.15, 0.2) is 259 Å². The Balaban J connectivity index is 0.863. The Bertz CT molecular complexity index is 3700. The van der Waals surface area contributed by atoms with Crippen molar-refractivity contribution in [3.05, 3.63) is 260 Å². The molecule has 0 saturated heterocycles. The summed E-state index contributed by atoms with van der Waals surface area (Å²) in [5, 5.41) is 6.21. The van der Waals surface area contributed by atoms with Crippen LogP contribution >= 0.6 is 0 Å². The molecule has 0 atom stereocenters. The van der Waals surface area contributed by atoms with Crippen LogP contribution in [0.25, 0.3) is 99.5 Å². The van der Waals surface area contributed by atoms with Gasteiger partial charge in [-0.3, -0.25) is 0 Å². The van der Waals surface area contributed by atoms with Gasteiger partial charge in [-0.25, -0.2) is 0 Å². The normalized spacial score (nSPS) is 11.4. The average molecular weight is 856 g/mol. The van der Waals surface area contributed by atoms with E-state index in [9.17, 15) is 0 Å². The van der Waals surface area contributed by atoms with E-state index < -0.39 is 0 Å². The molecule has 316 valence electrons. The molecule has 0 saturated carbocycles. The van der Waals surface area contributed by atoms with Gasteiger partial charge in [0.05, 0.1) is 0 Å². The quantitative estimate of drug-likeness (QED) is 0.135. The lowest BCUT2D eigenvalue weighted by atomic mass is 9.93. The SMILES string of the molecule is Cc1c(-c2cccc(-c3ccc(-c4ccc(N(c5ccc(-c6ccc(-c7ccccc7)cc6)cc5)c5ccc(-c6cc7ccccc7c7ccccc67)cc5)cc4)cc3)c2)oc2ccccc12. The molecule has 0 fully saturated rings. The van der Waals surface area contributed by atoms with Crippen molar-refractivity contribution in [3.63, 3.8) is 0 Å². The fourth-order valence-electron chi connectivity index (χ4n) is 9.77. The van der Waals surface area contributed by atoms with Crippen molar-refractivity contribution in [2.45, 2.75) is 6.92 Å². The molecule has 0 N–H and O–H groups in total. The van der Waals surface area contributed by atoms with E-state index in [0.717, 1.165) is 56.0 Å².